The molecule has 1 radical (unpaired) electrons. The molecule has 0 aliphatic heterocycles. The standard InChI is InChI=1S/C15H11N3.C7H5NO4.Ir/c1-3-10-16-12(6-1)14-8-5-9-15(18-14)13-7-2-4-11-17-13;9-6(10)4-2-1-3-5(8-4)7(11)12;/h1-11H;1-3H,(H,9,10)(H,11,12);. The number of aromatic carboxylic acids is 2. The molecule has 8 nitrogen and oxygen atoms in total. The third-order valence-corrected chi connectivity index (χ3v) is 3.79. The average molecular weight is 593 g/mol. The first-order valence-corrected chi connectivity index (χ1v) is 8.78. The van der Waals surface area contributed by atoms with E-state index in [0.29, 0.717) is 0 Å². The molecule has 0 amide bonds. The molecular weight excluding hydrogens is 576 g/mol. The quantitative estimate of drug-likeness (QED) is 0.368. The van der Waals surface area contributed by atoms with E-state index in [0.717, 1.165) is 22.8 Å². The summed E-state index contributed by atoms with van der Waals surface area (Å²) in [6.45, 7) is 0. The second-order valence-corrected chi connectivity index (χ2v) is 5.86. The molecular formula is C22H16IrN4O4. The van der Waals surface area contributed by atoms with Crippen molar-refractivity contribution in [3.63, 3.8) is 0 Å². The predicted molar refractivity (Wildman–Crippen MR) is 109 cm³/mol. The fourth-order valence-corrected chi connectivity index (χ4v) is 2.42. The van der Waals surface area contributed by atoms with Gasteiger partial charge in [0.1, 0.15) is 11.4 Å². The second kappa shape index (κ2) is 11.4. The van der Waals surface area contributed by atoms with E-state index in [1.165, 1.54) is 18.2 Å². The van der Waals surface area contributed by atoms with Crippen LogP contribution >= 0.6 is 0 Å². The van der Waals surface area contributed by atoms with E-state index in [-0.39, 0.29) is 31.5 Å². The van der Waals surface area contributed by atoms with Gasteiger partial charge in [-0.3, -0.25) is 9.97 Å². The Balaban J connectivity index is 0.000000231. The minimum absolute atomic E-state index is 0. The summed E-state index contributed by atoms with van der Waals surface area (Å²) < 4.78 is 0. The van der Waals surface area contributed by atoms with Gasteiger partial charge in [-0.2, -0.15) is 0 Å². The maximum Gasteiger partial charge on any atom is 0.354 e. The third-order valence-electron chi connectivity index (χ3n) is 3.79. The molecule has 0 aliphatic rings. The van der Waals surface area contributed by atoms with Crippen molar-refractivity contribution >= 4 is 11.9 Å². The van der Waals surface area contributed by atoms with E-state index in [4.69, 9.17) is 10.2 Å². The van der Waals surface area contributed by atoms with Gasteiger partial charge < -0.3 is 10.2 Å². The topological polar surface area (TPSA) is 126 Å². The van der Waals surface area contributed by atoms with Gasteiger partial charge in [-0.05, 0) is 48.5 Å². The Hall–Kier alpha value is -3.81. The van der Waals surface area contributed by atoms with Crippen LogP contribution in [0.2, 0.25) is 0 Å². The van der Waals surface area contributed by atoms with Gasteiger partial charge in [-0.25, -0.2) is 19.6 Å². The molecule has 0 aromatic carbocycles. The van der Waals surface area contributed by atoms with Crippen LogP contribution in [-0.2, 0) is 20.1 Å². The molecule has 0 aliphatic carbocycles. The van der Waals surface area contributed by atoms with Gasteiger partial charge in [-0.1, -0.05) is 24.3 Å². The van der Waals surface area contributed by atoms with Crippen LogP contribution in [0.3, 0.4) is 0 Å². The largest absolute Gasteiger partial charge is 0.477 e. The number of carboxylic acids is 2. The van der Waals surface area contributed by atoms with Crippen LogP contribution in [0.5, 0.6) is 0 Å². The Kier molecular flexibility index (Phi) is 8.63. The van der Waals surface area contributed by atoms with Crippen molar-refractivity contribution in [2.75, 3.05) is 0 Å². The number of hydrogen-bond donors (Lipinski definition) is 2. The van der Waals surface area contributed by atoms with Crippen LogP contribution in [0, 0.1) is 0 Å². The molecule has 0 spiro atoms. The van der Waals surface area contributed by atoms with Gasteiger partial charge in [-0.15, -0.1) is 0 Å². The Bertz CT molecular complexity index is 1070. The van der Waals surface area contributed by atoms with Crippen molar-refractivity contribution in [2.24, 2.45) is 0 Å². The molecule has 0 bridgehead atoms. The van der Waals surface area contributed by atoms with Crippen LogP contribution in [-0.4, -0.2) is 42.1 Å². The number of rotatable bonds is 4. The maximum absolute atomic E-state index is 10.3. The molecule has 0 fully saturated rings. The summed E-state index contributed by atoms with van der Waals surface area (Å²) in [4.78, 5) is 37.2. The summed E-state index contributed by atoms with van der Waals surface area (Å²) in [5.74, 6) is -2.48. The summed E-state index contributed by atoms with van der Waals surface area (Å²) in [7, 11) is 0. The molecule has 4 rings (SSSR count). The van der Waals surface area contributed by atoms with Crippen molar-refractivity contribution in [2.45, 2.75) is 0 Å². The second-order valence-electron chi connectivity index (χ2n) is 5.86. The van der Waals surface area contributed by atoms with E-state index in [2.05, 4.69) is 19.9 Å². The SMILES string of the molecule is O=C(O)c1cccc(C(=O)O)n1.[Ir].c1ccc(-c2cccc(-c3ccccn3)n2)nc1. The first-order valence-electron chi connectivity index (χ1n) is 8.78. The van der Waals surface area contributed by atoms with Crippen LogP contribution < -0.4 is 0 Å². The first-order chi connectivity index (χ1) is 14.5. The first kappa shape index (κ1) is 23.5. The van der Waals surface area contributed by atoms with Crippen LogP contribution in [0.1, 0.15) is 21.0 Å². The summed E-state index contributed by atoms with van der Waals surface area (Å²) in [5.41, 5.74) is 2.92. The van der Waals surface area contributed by atoms with Gasteiger partial charge in [0.25, 0.3) is 0 Å². The summed E-state index contributed by atoms with van der Waals surface area (Å²) in [6, 6.07) is 21.3. The Morgan fingerprint density at radius 1 is 0.548 bits per heavy atom. The fourth-order valence-electron chi connectivity index (χ4n) is 2.42. The van der Waals surface area contributed by atoms with Crippen molar-refractivity contribution < 1.29 is 39.9 Å². The smallest absolute Gasteiger partial charge is 0.354 e. The number of carbonyl (C=O) groups is 2. The van der Waals surface area contributed by atoms with Gasteiger partial charge in [0, 0.05) is 32.5 Å². The minimum Gasteiger partial charge on any atom is -0.477 e. The molecule has 4 aromatic rings. The van der Waals surface area contributed by atoms with Crippen LogP contribution in [0.25, 0.3) is 22.8 Å². The molecule has 0 atom stereocenters. The fraction of sp³-hybridized carbons (Fsp3) is 0. The van der Waals surface area contributed by atoms with Gasteiger partial charge in [0.15, 0.2) is 0 Å². The molecule has 0 saturated heterocycles. The molecule has 4 aromatic heterocycles. The van der Waals surface area contributed by atoms with E-state index < -0.39 is 11.9 Å². The van der Waals surface area contributed by atoms with E-state index in [1.807, 2.05) is 54.6 Å². The zero-order valence-electron chi connectivity index (χ0n) is 15.9. The Morgan fingerprint density at radius 3 is 1.35 bits per heavy atom. The summed E-state index contributed by atoms with van der Waals surface area (Å²) in [5, 5.41) is 16.9. The number of aromatic nitrogens is 4. The molecule has 0 saturated carbocycles. The van der Waals surface area contributed by atoms with Crippen LogP contribution in [0.4, 0.5) is 0 Å². The molecule has 4 heterocycles. The number of nitrogens with zero attached hydrogens (tertiary/aromatic N) is 4. The predicted octanol–water partition coefficient (Wildman–Crippen LogP) is 3.68. The minimum atomic E-state index is -1.24. The average Bonchev–Trinajstić information content (AvgIpc) is 2.81. The Labute approximate surface area is 191 Å². The van der Waals surface area contributed by atoms with Crippen molar-refractivity contribution in [3.8, 4) is 22.8 Å². The van der Waals surface area contributed by atoms with E-state index in [9.17, 15) is 9.59 Å². The maximum atomic E-state index is 10.3. The van der Waals surface area contributed by atoms with Gasteiger partial charge >= 0.3 is 11.9 Å². The molecule has 0 unspecified atom stereocenters. The van der Waals surface area contributed by atoms with Crippen molar-refractivity contribution in [1.82, 2.24) is 19.9 Å². The zero-order chi connectivity index (χ0) is 21.3. The molecule has 9 heteroatoms. The Morgan fingerprint density at radius 2 is 0.968 bits per heavy atom. The van der Waals surface area contributed by atoms with Crippen molar-refractivity contribution in [1.29, 1.82) is 0 Å². The molecule has 31 heavy (non-hydrogen) atoms. The molecule has 157 valence electrons. The van der Waals surface area contributed by atoms with Crippen LogP contribution in [0.15, 0.2) is 85.2 Å². The number of carboxylic acid groups (broad SMARTS) is 2. The zero-order valence-corrected chi connectivity index (χ0v) is 18.3. The van der Waals surface area contributed by atoms with E-state index in [1.54, 1.807) is 12.4 Å². The third kappa shape index (κ3) is 6.60. The summed E-state index contributed by atoms with van der Waals surface area (Å²) in [6.07, 6.45) is 3.54. The molecule has 2 N–H and O–H groups in total. The van der Waals surface area contributed by atoms with Crippen molar-refractivity contribution in [3.05, 3.63) is 96.6 Å². The monoisotopic (exact) mass is 593 g/mol. The summed E-state index contributed by atoms with van der Waals surface area (Å²) >= 11 is 0. The number of hydrogen-bond acceptors (Lipinski definition) is 6. The van der Waals surface area contributed by atoms with Gasteiger partial charge in [0.2, 0.25) is 0 Å². The number of pyridine rings is 4. The normalized spacial score (nSPS) is 9.55. The van der Waals surface area contributed by atoms with Gasteiger partial charge in [0.05, 0.1) is 22.8 Å². The van der Waals surface area contributed by atoms with E-state index >= 15 is 0 Å².